The molecule has 29 heavy (non-hydrogen) atoms. The minimum Gasteiger partial charge on any atom is -0.317 e. The summed E-state index contributed by atoms with van der Waals surface area (Å²) in [6.45, 7) is 0. The number of rotatable bonds is 6. The van der Waals surface area contributed by atoms with Crippen molar-refractivity contribution in [3.63, 3.8) is 0 Å². The predicted octanol–water partition coefficient (Wildman–Crippen LogP) is 4.98. The molecule has 0 saturated heterocycles. The van der Waals surface area contributed by atoms with E-state index in [0.29, 0.717) is 21.2 Å². The van der Waals surface area contributed by atoms with Gasteiger partial charge in [-0.15, -0.1) is 11.3 Å². The summed E-state index contributed by atoms with van der Waals surface area (Å²) in [5.74, 6) is -0.961. The zero-order valence-corrected chi connectivity index (χ0v) is 17.3. The van der Waals surface area contributed by atoms with Crippen molar-refractivity contribution >= 4 is 58.6 Å². The molecule has 0 fully saturated rings. The SMILES string of the molecule is O=C(NN=Cc1ccc(Cl)cc1Cl)C(=Cc1cccs1)NC(=O)c1ccccc1. The van der Waals surface area contributed by atoms with Crippen molar-refractivity contribution in [2.24, 2.45) is 5.10 Å². The summed E-state index contributed by atoms with van der Waals surface area (Å²) >= 11 is 13.4. The molecule has 3 aromatic rings. The number of benzene rings is 2. The largest absolute Gasteiger partial charge is 0.317 e. The van der Waals surface area contributed by atoms with Gasteiger partial charge in [-0.05, 0) is 41.8 Å². The molecule has 146 valence electrons. The van der Waals surface area contributed by atoms with E-state index in [-0.39, 0.29) is 5.70 Å². The van der Waals surface area contributed by atoms with Crippen molar-refractivity contribution in [3.8, 4) is 0 Å². The highest BCUT2D eigenvalue weighted by molar-refractivity contribution is 7.10. The van der Waals surface area contributed by atoms with Crippen LogP contribution in [0, 0.1) is 0 Å². The van der Waals surface area contributed by atoms with Gasteiger partial charge in [0.15, 0.2) is 0 Å². The first-order valence-corrected chi connectivity index (χ1v) is 10.1. The van der Waals surface area contributed by atoms with Crippen molar-refractivity contribution in [1.82, 2.24) is 10.7 Å². The average molecular weight is 444 g/mol. The lowest BCUT2D eigenvalue weighted by Gasteiger charge is -2.08. The van der Waals surface area contributed by atoms with Crippen molar-refractivity contribution < 1.29 is 9.59 Å². The first kappa shape index (κ1) is 20.8. The molecule has 0 radical (unpaired) electrons. The molecule has 8 heteroatoms. The second-order valence-corrected chi connectivity index (χ2v) is 7.58. The van der Waals surface area contributed by atoms with E-state index in [4.69, 9.17) is 23.2 Å². The summed E-state index contributed by atoms with van der Waals surface area (Å²) in [4.78, 5) is 25.9. The molecule has 0 saturated carbocycles. The fourth-order valence-corrected chi connectivity index (χ4v) is 3.40. The quantitative estimate of drug-likeness (QED) is 0.320. The lowest BCUT2D eigenvalue weighted by molar-refractivity contribution is -0.117. The molecule has 0 bridgehead atoms. The normalized spacial score (nSPS) is 11.4. The third-order valence-corrected chi connectivity index (χ3v) is 5.07. The number of amides is 2. The van der Waals surface area contributed by atoms with E-state index in [9.17, 15) is 9.59 Å². The Kier molecular flexibility index (Phi) is 7.19. The van der Waals surface area contributed by atoms with E-state index < -0.39 is 11.8 Å². The monoisotopic (exact) mass is 443 g/mol. The first-order valence-electron chi connectivity index (χ1n) is 8.43. The Morgan fingerprint density at radius 3 is 2.48 bits per heavy atom. The molecule has 0 aliphatic rings. The van der Waals surface area contributed by atoms with Crippen LogP contribution in [0.15, 0.2) is 76.8 Å². The molecule has 2 N–H and O–H groups in total. The smallest absolute Gasteiger partial charge is 0.287 e. The summed E-state index contributed by atoms with van der Waals surface area (Å²) in [5, 5.41) is 9.34. The Bertz CT molecular complexity index is 1060. The standard InChI is InChI=1S/C21H15Cl2N3O2S/c22-16-9-8-15(18(23)11-16)13-24-26-21(28)19(12-17-7-4-10-29-17)25-20(27)14-5-2-1-3-6-14/h1-13H,(H,25,27)(H,26,28). The van der Waals surface area contributed by atoms with Gasteiger partial charge in [0.1, 0.15) is 5.70 Å². The molecule has 1 heterocycles. The summed E-state index contributed by atoms with van der Waals surface area (Å²) < 4.78 is 0. The fraction of sp³-hybridized carbons (Fsp3) is 0. The van der Waals surface area contributed by atoms with Crippen LogP contribution >= 0.6 is 34.5 Å². The fourth-order valence-electron chi connectivity index (χ4n) is 2.28. The Morgan fingerprint density at radius 1 is 1.00 bits per heavy atom. The molecule has 2 amide bonds. The third kappa shape index (κ3) is 6.02. The number of carbonyl (C=O) groups is 2. The highest BCUT2D eigenvalue weighted by atomic mass is 35.5. The van der Waals surface area contributed by atoms with Crippen LogP contribution in [0.2, 0.25) is 10.0 Å². The van der Waals surface area contributed by atoms with E-state index >= 15 is 0 Å². The lowest BCUT2D eigenvalue weighted by Crippen LogP contribution is -2.32. The van der Waals surface area contributed by atoms with Crippen LogP contribution in [-0.4, -0.2) is 18.0 Å². The Hall–Kier alpha value is -2.93. The molecule has 0 spiro atoms. The van der Waals surface area contributed by atoms with E-state index in [1.54, 1.807) is 48.5 Å². The number of thiophene rings is 1. The highest BCUT2D eigenvalue weighted by Gasteiger charge is 2.14. The van der Waals surface area contributed by atoms with Crippen LogP contribution in [0.5, 0.6) is 0 Å². The first-order chi connectivity index (χ1) is 14.0. The summed E-state index contributed by atoms with van der Waals surface area (Å²) in [5.41, 5.74) is 3.50. The molecular weight excluding hydrogens is 429 g/mol. The number of hydrogen-bond acceptors (Lipinski definition) is 4. The molecule has 0 atom stereocenters. The van der Waals surface area contributed by atoms with Crippen LogP contribution in [0.3, 0.4) is 0 Å². The lowest BCUT2D eigenvalue weighted by atomic mass is 10.2. The topological polar surface area (TPSA) is 70.6 Å². The maximum absolute atomic E-state index is 12.6. The molecule has 5 nitrogen and oxygen atoms in total. The zero-order valence-electron chi connectivity index (χ0n) is 14.9. The minimum absolute atomic E-state index is 0.0701. The zero-order chi connectivity index (χ0) is 20.6. The molecule has 2 aromatic carbocycles. The second-order valence-electron chi connectivity index (χ2n) is 5.76. The molecule has 0 aliphatic heterocycles. The number of hydrazone groups is 1. The van der Waals surface area contributed by atoms with E-state index in [1.807, 2.05) is 23.6 Å². The number of hydrogen-bond donors (Lipinski definition) is 2. The molecule has 0 unspecified atom stereocenters. The molecular formula is C21H15Cl2N3O2S. The van der Waals surface area contributed by atoms with Crippen molar-refractivity contribution in [2.75, 3.05) is 0 Å². The van der Waals surface area contributed by atoms with Gasteiger partial charge in [0.25, 0.3) is 11.8 Å². The van der Waals surface area contributed by atoms with E-state index in [2.05, 4.69) is 15.8 Å². The highest BCUT2D eigenvalue weighted by Crippen LogP contribution is 2.19. The Morgan fingerprint density at radius 2 is 1.79 bits per heavy atom. The number of nitrogens with one attached hydrogen (secondary N) is 2. The van der Waals surface area contributed by atoms with Gasteiger partial charge in [-0.2, -0.15) is 5.10 Å². The van der Waals surface area contributed by atoms with Crippen LogP contribution in [0.1, 0.15) is 20.8 Å². The molecule has 1 aromatic heterocycles. The third-order valence-electron chi connectivity index (χ3n) is 3.69. The number of halogens is 2. The number of nitrogens with zero attached hydrogens (tertiary/aromatic N) is 1. The van der Waals surface area contributed by atoms with Crippen molar-refractivity contribution in [3.05, 3.63) is 97.8 Å². The van der Waals surface area contributed by atoms with Gasteiger partial charge in [-0.25, -0.2) is 5.43 Å². The van der Waals surface area contributed by atoms with Crippen LogP contribution < -0.4 is 10.7 Å². The second kappa shape index (κ2) is 10.0. The van der Waals surface area contributed by atoms with Crippen LogP contribution in [0.4, 0.5) is 0 Å². The maximum Gasteiger partial charge on any atom is 0.287 e. The van der Waals surface area contributed by atoms with Gasteiger partial charge in [-0.3, -0.25) is 9.59 Å². The van der Waals surface area contributed by atoms with Gasteiger partial charge in [0, 0.05) is 21.0 Å². The van der Waals surface area contributed by atoms with E-state index in [0.717, 1.165) is 4.88 Å². The van der Waals surface area contributed by atoms with Gasteiger partial charge in [0.2, 0.25) is 0 Å². The van der Waals surface area contributed by atoms with E-state index in [1.165, 1.54) is 17.6 Å². The minimum atomic E-state index is -0.566. The maximum atomic E-state index is 12.6. The van der Waals surface area contributed by atoms with Crippen molar-refractivity contribution in [2.45, 2.75) is 0 Å². The molecule has 3 rings (SSSR count). The summed E-state index contributed by atoms with van der Waals surface area (Å²) in [6.07, 6.45) is 2.99. The Balaban J connectivity index is 1.76. The van der Waals surface area contributed by atoms with Crippen molar-refractivity contribution in [1.29, 1.82) is 0 Å². The summed E-state index contributed by atoms with van der Waals surface area (Å²) in [7, 11) is 0. The number of carbonyl (C=O) groups excluding carboxylic acids is 2. The van der Waals surface area contributed by atoms with Gasteiger partial charge in [0.05, 0.1) is 11.2 Å². The van der Waals surface area contributed by atoms with Crippen LogP contribution in [-0.2, 0) is 4.79 Å². The van der Waals surface area contributed by atoms with Gasteiger partial charge < -0.3 is 5.32 Å². The predicted molar refractivity (Wildman–Crippen MR) is 118 cm³/mol. The average Bonchev–Trinajstić information content (AvgIpc) is 3.23. The van der Waals surface area contributed by atoms with Gasteiger partial charge in [-0.1, -0.05) is 53.5 Å². The van der Waals surface area contributed by atoms with Crippen LogP contribution in [0.25, 0.3) is 6.08 Å². The Labute approximate surface area is 181 Å². The van der Waals surface area contributed by atoms with Gasteiger partial charge >= 0.3 is 0 Å². The molecule has 0 aliphatic carbocycles. The summed E-state index contributed by atoms with van der Waals surface area (Å²) in [6, 6.07) is 17.2.